The lowest BCUT2D eigenvalue weighted by atomic mass is 9.78. The molecule has 2 fully saturated rings. The van der Waals surface area contributed by atoms with Crippen LogP contribution in [0.5, 0.6) is 0 Å². The van der Waals surface area contributed by atoms with Crippen molar-refractivity contribution in [2.75, 3.05) is 6.54 Å². The van der Waals surface area contributed by atoms with Gasteiger partial charge in [0, 0.05) is 0 Å². The highest BCUT2D eigenvalue weighted by Crippen LogP contribution is 2.35. The normalized spacial score (nSPS) is 40.8. The monoisotopic (exact) mass is 169 g/mol. The van der Waals surface area contributed by atoms with Gasteiger partial charge in [-0.3, -0.25) is 4.79 Å². The molecule has 2 aliphatic rings. The summed E-state index contributed by atoms with van der Waals surface area (Å²) in [6.07, 6.45) is 4.83. The molecule has 0 aromatic heterocycles. The first kappa shape index (κ1) is 8.05. The molecule has 0 amide bonds. The van der Waals surface area contributed by atoms with Gasteiger partial charge in [-0.25, -0.2) is 0 Å². The molecule has 0 radical (unpaired) electrons. The van der Waals surface area contributed by atoms with Crippen molar-refractivity contribution >= 4 is 5.97 Å². The molecule has 0 aromatic rings. The molecular weight excluding hydrogens is 154 g/mol. The quantitative estimate of drug-likeness (QED) is 0.611. The number of rotatable bonds is 1. The number of carboxylic acids is 1. The number of hydrogen-bond donors (Lipinski definition) is 2. The maximum absolute atomic E-state index is 10.8. The Morgan fingerprint density at radius 2 is 2.08 bits per heavy atom. The maximum Gasteiger partial charge on any atom is 0.320 e. The third-order valence-electron chi connectivity index (χ3n) is 3.26. The molecule has 1 aliphatic heterocycles. The Morgan fingerprint density at radius 1 is 1.33 bits per heavy atom. The van der Waals surface area contributed by atoms with E-state index in [-0.39, 0.29) is 6.04 Å². The predicted octanol–water partition coefficient (Wildman–Crippen LogP) is 0.849. The second-order valence-corrected chi connectivity index (χ2v) is 3.93. The van der Waals surface area contributed by atoms with Crippen molar-refractivity contribution in [2.24, 2.45) is 11.8 Å². The molecule has 0 unspecified atom stereocenters. The number of aliphatic carboxylic acids is 1. The second-order valence-electron chi connectivity index (χ2n) is 3.93. The lowest BCUT2D eigenvalue weighted by molar-refractivity contribution is -0.140. The van der Waals surface area contributed by atoms with Gasteiger partial charge in [0.05, 0.1) is 0 Å². The Bertz CT molecular complexity index is 193. The third kappa shape index (κ3) is 1.22. The maximum atomic E-state index is 10.8. The van der Waals surface area contributed by atoms with Crippen LogP contribution in [0.2, 0.25) is 0 Å². The summed E-state index contributed by atoms with van der Waals surface area (Å²) in [5.74, 6) is 0.389. The number of carbonyl (C=O) groups is 1. The van der Waals surface area contributed by atoms with Crippen LogP contribution in [-0.4, -0.2) is 23.7 Å². The molecule has 0 bridgehead atoms. The van der Waals surface area contributed by atoms with Crippen molar-refractivity contribution in [1.82, 2.24) is 5.32 Å². The zero-order valence-corrected chi connectivity index (χ0v) is 7.12. The van der Waals surface area contributed by atoms with Crippen LogP contribution in [0.4, 0.5) is 0 Å². The fourth-order valence-corrected chi connectivity index (χ4v) is 2.63. The van der Waals surface area contributed by atoms with Gasteiger partial charge in [0.25, 0.3) is 0 Å². The molecule has 3 nitrogen and oxygen atoms in total. The van der Waals surface area contributed by atoms with Crippen molar-refractivity contribution in [3.8, 4) is 0 Å². The average Bonchev–Trinajstić information content (AvgIpc) is 2.47. The van der Waals surface area contributed by atoms with Crippen molar-refractivity contribution in [3.05, 3.63) is 0 Å². The fraction of sp³-hybridized carbons (Fsp3) is 0.889. The average molecular weight is 169 g/mol. The van der Waals surface area contributed by atoms with Gasteiger partial charge in [0.15, 0.2) is 0 Å². The zero-order chi connectivity index (χ0) is 8.55. The molecule has 3 atom stereocenters. The van der Waals surface area contributed by atoms with E-state index in [0.29, 0.717) is 11.8 Å². The van der Waals surface area contributed by atoms with Gasteiger partial charge in [-0.2, -0.15) is 0 Å². The van der Waals surface area contributed by atoms with E-state index < -0.39 is 5.97 Å². The standard InChI is InChI=1S/C9H15NO2/c11-9(12)8-7-4-2-1-3-6(7)5-10-8/h6-8,10H,1-5H2,(H,11,12)/t6-,7+,8-/m1/s1. The second kappa shape index (κ2) is 3.05. The number of hydrogen-bond acceptors (Lipinski definition) is 2. The Labute approximate surface area is 72.2 Å². The highest BCUT2D eigenvalue weighted by atomic mass is 16.4. The smallest absolute Gasteiger partial charge is 0.320 e. The van der Waals surface area contributed by atoms with Crippen LogP contribution >= 0.6 is 0 Å². The molecule has 1 aliphatic carbocycles. The van der Waals surface area contributed by atoms with E-state index in [4.69, 9.17) is 5.11 Å². The Morgan fingerprint density at radius 3 is 2.83 bits per heavy atom. The van der Waals surface area contributed by atoms with Gasteiger partial charge in [0.1, 0.15) is 6.04 Å². The lowest BCUT2D eigenvalue weighted by Crippen LogP contribution is -2.36. The largest absolute Gasteiger partial charge is 0.480 e. The molecular formula is C9H15NO2. The molecule has 68 valence electrons. The Balaban J connectivity index is 2.05. The van der Waals surface area contributed by atoms with Crippen LogP contribution < -0.4 is 5.32 Å². The van der Waals surface area contributed by atoms with E-state index in [1.165, 1.54) is 19.3 Å². The summed E-state index contributed by atoms with van der Waals surface area (Å²) in [6, 6.07) is -0.254. The summed E-state index contributed by atoms with van der Waals surface area (Å²) in [4.78, 5) is 10.8. The number of carboxylic acid groups (broad SMARTS) is 1. The first-order valence-corrected chi connectivity index (χ1v) is 4.75. The summed E-state index contributed by atoms with van der Waals surface area (Å²) in [5, 5.41) is 12.0. The number of nitrogens with one attached hydrogen (secondary N) is 1. The van der Waals surface area contributed by atoms with Crippen molar-refractivity contribution in [2.45, 2.75) is 31.7 Å². The third-order valence-corrected chi connectivity index (χ3v) is 3.26. The fourth-order valence-electron chi connectivity index (χ4n) is 2.63. The minimum Gasteiger partial charge on any atom is -0.480 e. The van der Waals surface area contributed by atoms with Crippen LogP contribution in [0.1, 0.15) is 25.7 Å². The predicted molar refractivity (Wildman–Crippen MR) is 44.9 cm³/mol. The van der Waals surface area contributed by atoms with Crippen LogP contribution in [0.3, 0.4) is 0 Å². The van der Waals surface area contributed by atoms with Gasteiger partial charge in [-0.05, 0) is 31.2 Å². The van der Waals surface area contributed by atoms with Crippen LogP contribution in [-0.2, 0) is 4.79 Å². The van der Waals surface area contributed by atoms with Gasteiger partial charge >= 0.3 is 5.97 Å². The summed E-state index contributed by atoms with van der Waals surface area (Å²) in [7, 11) is 0. The Hall–Kier alpha value is -0.570. The van der Waals surface area contributed by atoms with Gasteiger partial charge in [-0.1, -0.05) is 12.8 Å². The summed E-state index contributed by atoms with van der Waals surface area (Å²) >= 11 is 0. The highest BCUT2D eigenvalue weighted by Gasteiger charge is 2.40. The molecule has 12 heavy (non-hydrogen) atoms. The Kier molecular flexibility index (Phi) is 2.05. The molecule has 2 N–H and O–H groups in total. The van der Waals surface area contributed by atoms with Crippen LogP contribution in [0, 0.1) is 11.8 Å². The van der Waals surface area contributed by atoms with Gasteiger partial charge in [0.2, 0.25) is 0 Å². The van der Waals surface area contributed by atoms with Gasteiger partial charge < -0.3 is 10.4 Å². The molecule has 1 heterocycles. The van der Waals surface area contributed by atoms with E-state index in [9.17, 15) is 4.79 Å². The molecule has 0 aromatic carbocycles. The van der Waals surface area contributed by atoms with Gasteiger partial charge in [-0.15, -0.1) is 0 Å². The topological polar surface area (TPSA) is 49.3 Å². The minimum absolute atomic E-state index is 0.254. The van der Waals surface area contributed by atoms with E-state index >= 15 is 0 Å². The first-order valence-electron chi connectivity index (χ1n) is 4.75. The van der Waals surface area contributed by atoms with Crippen molar-refractivity contribution in [1.29, 1.82) is 0 Å². The first-order chi connectivity index (χ1) is 5.79. The summed E-state index contributed by atoms with van der Waals surface area (Å²) in [6.45, 7) is 0.918. The minimum atomic E-state index is -0.663. The molecule has 1 saturated carbocycles. The van der Waals surface area contributed by atoms with E-state index in [1.54, 1.807) is 0 Å². The van der Waals surface area contributed by atoms with E-state index in [0.717, 1.165) is 13.0 Å². The summed E-state index contributed by atoms with van der Waals surface area (Å²) in [5.41, 5.74) is 0. The summed E-state index contributed by atoms with van der Waals surface area (Å²) < 4.78 is 0. The molecule has 2 rings (SSSR count). The highest BCUT2D eigenvalue weighted by molar-refractivity contribution is 5.74. The zero-order valence-electron chi connectivity index (χ0n) is 7.12. The molecule has 1 saturated heterocycles. The SMILES string of the molecule is O=C(O)[C@@H]1NC[C@H]2CCCC[C@@H]21. The van der Waals surface area contributed by atoms with E-state index in [2.05, 4.69) is 5.32 Å². The van der Waals surface area contributed by atoms with Crippen molar-refractivity contribution < 1.29 is 9.90 Å². The van der Waals surface area contributed by atoms with Crippen molar-refractivity contribution in [3.63, 3.8) is 0 Å². The molecule has 3 heteroatoms. The van der Waals surface area contributed by atoms with E-state index in [1.807, 2.05) is 0 Å². The lowest BCUT2D eigenvalue weighted by Gasteiger charge is -2.26. The van der Waals surface area contributed by atoms with Crippen LogP contribution in [0.25, 0.3) is 0 Å². The molecule has 0 spiro atoms. The number of fused-ring (bicyclic) bond motifs is 1. The van der Waals surface area contributed by atoms with Crippen LogP contribution in [0.15, 0.2) is 0 Å².